The summed E-state index contributed by atoms with van der Waals surface area (Å²) in [6.07, 6.45) is 1.98. The molecule has 2 aromatic heterocycles. The highest BCUT2D eigenvalue weighted by Gasteiger charge is 2.11. The fourth-order valence-electron chi connectivity index (χ4n) is 3.24. The maximum Gasteiger partial charge on any atom is 0.224 e. The van der Waals surface area contributed by atoms with Gasteiger partial charge in [0.05, 0.1) is 23.7 Å². The highest BCUT2D eigenvalue weighted by Crippen LogP contribution is 2.22. The van der Waals surface area contributed by atoms with Gasteiger partial charge >= 0.3 is 0 Å². The number of furan rings is 1. The Morgan fingerprint density at radius 3 is 2.88 bits per heavy atom. The van der Waals surface area contributed by atoms with E-state index < -0.39 is 0 Å². The molecule has 0 atom stereocenters. The van der Waals surface area contributed by atoms with Crippen molar-refractivity contribution in [3.63, 3.8) is 0 Å². The molecule has 4 aromatic rings. The van der Waals surface area contributed by atoms with Crippen LogP contribution in [0.25, 0.3) is 22.0 Å². The Kier molecular flexibility index (Phi) is 3.99. The van der Waals surface area contributed by atoms with Crippen molar-refractivity contribution in [3.05, 3.63) is 65.2 Å². The van der Waals surface area contributed by atoms with E-state index in [9.17, 15) is 4.79 Å². The van der Waals surface area contributed by atoms with Crippen LogP contribution in [0.3, 0.4) is 0 Å². The van der Waals surface area contributed by atoms with Gasteiger partial charge in [0.1, 0.15) is 11.4 Å². The van der Waals surface area contributed by atoms with Gasteiger partial charge in [0.15, 0.2) is 0 Å². The maximum atomic E-state index is 12.3. The van der Waals surface area contributed by atoms with Gasteiger partial charge in [-0.15, -0.1) is 0 Å². The number of nitrogens with zero attached hydrogens (tertiary/aromatic N) is 2. The molecule has 0 bridgehead atoms. The Labute approximate surface area is 151 Å². The van der Waals surface area contributed by atoms with E-state index in [1.807, 2.05) is 57.3 Å². The van der Waals surface area contributed by atoms with E-state index in [1.54, 1.807) is 6.26 Å². The van der Waals surface area contributed by atoms with Gasteiger partial charge in [-0.1, -0.05) is 18.2 Å². The second kappa shape index (κ2) is 6.33. The zero-order valence-electron chi connectivity index (χ0n) is 15.2. The van der Waals surface area contributed by atoms with Crippen molar-refractivity contribution in [3.8, 4) is 0 Å². The first kappa shape index (κ1) is 16.4. The van der Waals surface area contributed by atoms with Crippen molar-refractivity contribution in [2.75, 3.05) is 0 Å². The first-order chi connectivity index (χ1) is 12.5. The molecule has 5 heteroatoms. The van der Waals surface area contributed by atoms with E-state index in [-0.39, 0.29) is 5.91 Å². The third kappa shape index (κ3) is 2.96. The van der Waals surface area contributed by atoms with Gasteiger partial charge in [0, 0.05) is 24.5 Å². The van der Waals surface area contributed by atoms with E-state index in [0.29, 0.717) is 13.0 Å². The van der Waals surface area contributed by atoms with Gasteiger partial charge in [-0.05, 0) is 43.2 Å². The molecule has 0 saturated heterocycles. The molecule has 0 radical (unpaired) electrons. The van der Waals surface area contributed by atoms with E-state index in [2.05, 4.69) is 14.9 Å². The highest BCUT2D eigenvalue weighted by molar-refractivity contribution is 5.88. The monoisotopic (exact) mass is 347 g/mol. The number of benzene rings is 2. The molecule has 0 aliphatic carbocycles. The number of nitrogens with one attached hydrogen (secondary N) is 1. The number of carbonyl (C=O) groups is 1. The number of aromatic nitrogens is 2. The smallest absolute Gasteiger partial charge is 0.224 e. The minimum atomic E-state index is -0.0226. The standard InChI is InChI=1S/C21H21N3O2/c1-13-4-6-17-16(12-26-20(17)8-13)10-21(25)22-11-15-5-7-19-18(9-15)23-14(2)24(19)3/h4-9,12H,10-11H2,1-3H3,(H,22,25). The Morgan fingerprint density at radius 1 is 1.19 bits per heavy atom. The zero-order valence-corrected chi connectivity index (χ0v) is 15.2. The average Bonchev–Trinajstić information content (AvgIpc) is 3.13. The van der Waals surface area contributed by atoms with Gasteiger partial charge in [0.25, 0.3) is 0 Å². The lowest BCUT2D eigenvalue weighted by atomic mass is 10.1. The summed E-state index contributed by atoms with van der Waals surface area (Å²) in [5.74, 6) is 0.953. The van der Waals surface area contributed by atoms with Crippen LogP contribution in [0.15, 0.2) is 47.1 Å². The van der Waals surface area contributed by atoms with Crippen LogP contribution in [0.4, 0.5) is 0 Å². The van der Waals surface area contributed by atoms with E-state index in [0.717, 1.165) is 44.5 Å². The van der Waals surface area contributed by atoms with Crippen molar-refractivity contribution in [2.45, 2.75) is 26.8 Å². The van der Waals surface area contributed by atoms with Gasteiger partial charge in [-0.3, -0.25) is 4.79 Å². The fourth-order valence-corrected chi connectivity index (χ4v) is 3.24. The highest BCUT2D eigenvalue weighted by atomic mass is 16.3. The number of amides is 1. The summed E-state index contributed by atoms with van der Waals surface area (Å²) in [7, 11) is 2.00. The summed E-state index contributed by atoms with van der Waals surface area (Å²) >= 11 is 0. The molecule has 4 rings (SSSR count). The minimum Gasteiger partial charge on any atom is -0.464 e. The second-order valence-corrected chi connectivity index (χ2v) is 6.76. The summed E-state index contributed by atoms with van der Waals surface area (Å²) in [5, 5.41) is 3.98. The summed E-state index contributed by atoms with van der Waals surface area (Å²) in [6, 6.07) is 12.1. The van der Waals surface area contributed by atoms with Crippen LogP contribution in [0.2, 0.25) is 0 Å². The average molecular weight is 347 g/mol. The Morgan fingerprint density at radius 2 is 2.04 bits per heavy atom. The van der Waals surface area contributed by atoms with Gasteiger partial charge in [-0.25, -0.2) is 4.98 Å². The zero-order chi connectivity index (χ0) is 18.3. The summed E-state index contributed by atoms with van der Waals surface area (Å²) in [5.41, 5.74) is 5.96. The molecule has 1 N–H and O–H groups in total. The molecule has 132 valence electrons. The molecular weight excluding hydrogens is 326 g/mol. The van der Waals surface area contributed by atoms with E-state index in [1.165, 1.54) is 0 Å². The molecule has 1 amide bonds. The summed E-state index contributed by atoms with van der Waals surface area (Å²) in [4.78, 5) is 16.9. The second-order valence-electron chi connectivity index (χ2n) is 6.76. The molecule has 2 heterocycles. The predicted octanol–water partition coefficient (Wildman–Crippen LogP) is 3.80. The molecule has 26 heavy (non-hydrogen) atoms. The number of aryl methyl sites for hydroxylation is 3. The fraction of sp³-hybridized carbons (Fsp3) is 0.238. The molecule has 0 unspecified atom stereocenters. The molecule has 0 spiro atoms. The Bertz CT molecular complexity index is 1120. The van der Waals surface area contributed by atoms with Gasteiger partial charge < -0.3 is 14.3 Å². The van der Waals surface area contributed by atoms with Gasteiger partial charge in [-0.2, -0.15) is 0 Å². The Balaban J connectivity index is 1.45. The molecule has 0 aliphatic heterocycles. The first-order valence-corrected chi connectivity index (χ1v) is 8.66. The number of rotatable bonds is 4. The molecular formula is C21H21N3O2. The lowest BCUT2D eigenvalue weighted by Gasteiger charge is -2.05. The number of hydrogen-bond acceptors (Lipinski definition) is 3. The third-order valence-corrected chi connectivity index (χ3v) is 4.82. The normalized spacial score (nSPS) is 11.3. The SMILES string of the molecule is Cc1ccc2c(CC(=O)NCc3ccc4c(c3)nc(C)n4C)coc2c1. The Hall–Kier alpha value is -3.08. The number of hydrogen-bond donors (Lipinski definition) is 1. The molecule has 5 nitrogen and oxygen atoms in total. The molecule has 2 aromatic carbocycles. The largest absolute Gasteiger partial charge is 0.464 e. The predicted molar refractivity (Wildman–Crippen MR) is 102 cm³/mol. The van der Waals surface area contributed by atoms with Crippen LogP contribution in [-0.2, 0) is 24.8 Å². The van der Waals surface area contributed by atoms with Crippen molar-refractivity contribution < 1.29 is 9.21 Å². The van der Waals surface area contributed by atoms with Crippen LogP contribution in [0.1, 0.15) is 22.5 Å². The third-order valence-electron chi connectivity index (χ3n) is 4.82. The maximum absolute atomic E-state index is 12.3. The van der Waals surface area contributed by atoms with Crippen LogP contribution in [0.5, 0.6) is 0 Å². The number of carbonyl (C=O) groups excluding carboxylic acids is 1. The van der Waals surface area contributed by atoms with Gasteiger partial charge in [0.2, 0.25) is 5.91 Å². The minimum absolute atomic E-state index is 0.0226. The van der Waals surface area contributed by atoms with Crippen LogP contribution in [-0.4, -0.2) is 15.5 Å². The topological polar surface area (TPSA) is 60.1 Å². The van der Waals surface area contributed by atoms with Crippen LogP contribution in [0, 0.1) is 13.8 Å². The van der Waals surface area contributed by atoms with Crippen LogP contribution < -0.4 is 5.32 Å². The van der Waals surface area contributed by atoms with Crippen molar-refractivity contribution in [1.29, 1.82) is 0 Å². The first-order valence-electron chi connectivity index (χ1n) is 8.66. The van der Waals surface area contributed by atoms with Crippen molar-refractivity contribution >= 4 is 27.9 Å². The quantitative estimate of drug-likeness (QED) is 0.611. The molecule has 0 fully saturated rings. The number of imidazole rings is 1. The number of fused-ring (bicyclic) bond motifs is 2. The lowest BCUT2D eigenvalue weighted by molar-refractivity contribution is -0.120. The molecule has 0 aliphatic rings. The summed E-state index contributed by atoms with van der Waals surface area (Å²) in [6.45, 7) is 4.49. The van der Waals surface area contributed by atoms with Crippen molar-refractivity contribution in [2.24, 2.45) is 7.05 Å². The molecule has 0 saturated carbocycles. The van der Waals surface area contributed by atoms with Crippen molar-refractivity contribution in [1.82, 2.24) is 14.9 Å². The van der Waals surface area contributed by atoms with Crippen LogP contribution >= 0.6 is 0 Å². The van der Waals surface area contributed by atoms with E-state index in [4.69, 9.17) is 4.42 Å². The lowest BCUT2D eigenvalue weighted by Crippen LogP contribution is -2.24. The van der Waals surface area contributed by atoms with E-state index >= 15 is 0 Å². The summed E-state index contributed by atoms with van der Waals surface area (Å²) < 4.78 is 7.62.